The molecule has 0 heterocycles. The van der Waals surface area contributed by atoms with Crippen LogP contribution in [0.15, 0.2) is 24.3 Å². The largest absolute Gasteiger partial charge is 0.508 e. The Hall–Kier alpha value is -3.71. The van der Waals surface area contributed by atoms with Crippen molar-refractivity contribution in [1.29, 1.82) is 0 Å². The fraction of sp³-hybridized carbons (Fsp3) is 0.542. The van der Waals surface area contributed by atoms with Gasteiger partial charge in [-0.3, -0.25) is 19.2 Å². The average molecular weight is 525 g/mol. The minimum absolute atomic E-state index is 0.0199. The van der Waals surface area contributed by atoms with Crippen molar-refractivity contribution in [2.24, 2.45) is 11.7 Å². The van der Waals surface area contributed by atoms with Gasteiger partial charge in [0.1, 0.15) is 29.9 Å². The molecule has 9 N–H and O–H groups in total. The fourth-order valence-electron chi connectivity index (χ4n) is 3.31. The number of hydrogen-bond acceptors (Lipinski definition) is 8. The number of nitrogens with two attached hydrogens (primary N) is 1. The van der Waals surface area contributed by atoms with Crippen molar-refractivity contribution >= 4 is 29.7 Å². The van der Waals surface area contributed by atoms with Crippen molar-refractivity contribution in [2.45, 2.75) is 76.7 Å². The van der Waals surface area contributed by atoms with Gasteiger partial charge in [-0.25, -0.2) is 4.79 Å². The highest BCUT2D eigenvalue weighted by molar-refractivity contribution is 5.94. The Morgan fingerprint density at radius 3 is 1.95 bits per heavy atom. The molecule has 0 spiro atoms. The second-order valence-electron chi connectivity index (χ2n) is 8.90. The normalized spacial score (nSPS) is 15.8. The number of amides is 3. The van der Waals surface area contributed by atoms with Gasteiger partial charge in [0, 0.05) is 12.8 Å². The molecule has 0 aliphatic carbocycles. The van der Waals surface area contributed by atoms with Crippen LogP contribution in [0.4, 0.5) is 0 Å². The SMILES string of the molecule is CCC(C)C(NC(=O)C(N)C(C)O)C(=O)NC(CCC(=O)O)C(=O)NC(Cc1ccc(O)cc1)C(=O)O. The van der Waals surface area contributed by atoms with Gasteiger partial charge >= 0.3 is 11.9 Å². The van der Waals surface area contributed by atoms with Gasteiger partial charge in [-0.15, -0.1) is 0 Å². The number of phenolic OH excluding ortho intramolecular Hbond substituents is 1. The van der Waals surface area contributed by atoms with Crippen LogP contribution in [0.3, 0.4) is 0 Å². The second-order valence-corrected chi connectivity index (χ2v) is 8.90. The molecule has 0 radical (unpaired) electrons. The highest BCUT2D eigenvalue weighted by atomic mass is 16.4. The highest BCUT2D eigenvalue weighted by Gasteiger charge is 2.33. The zero-order valence-corrected chi connectivity index (χ0v) is 21.0. The zero-order chi connectivity index (χ0) is 28.3. The summed E-state index contributed by atoms with van der Waals surface area (Å²) in [7, 11) is 0. The van der Waals surface area contributed by atoms with Crippen LogP contribution in [0.5, 0.6) is 5.75 Å². The predicted molar refractivity (Wildman–Crippen MR) is 131 cm³/mol. The minimum atomic E-state index is -1.42. The molecule has 0 saturated heterocycles. The molecular weight excluding hydrogens is 488 g/mol. The lowest BCUT2D eigenvalue weighted by molar-refractivity contribution is -0.143. The van der Waals surface area contributed by atoms with Gasteiger partial charge in [0.15, 0.2) is 0 Å². The lowest BCUT2D eigenvalue weighted by Gasteiger charge is -2.28. The van der Waals surface area contributed by atoms with Crippen molar-refractivity contribution < 1.29 is 44.4 Å². The number of carboxylic acids is 2. The maximum absolute atomic E-state index is 13.1. The molecule has 1 aromatic rings. The number of aliphatic hydroxyl groups is 1. The summed E-state index contributed by atoms with van der Waals surface area (Å²) in [6.07, 6.45) is -1.71. The lowest BCUT2D eigenvalue weighted by atomic mass is 9.96. The van der Waals surface area contributed by atoms with E-state index in [1.165, 1.54) is 31.2 Å². The summed E-state index contributed by atoms with van der Waals surface area (Å²) in [5.41, 5.74) is 6.15. The molecule has 1 aromatic carbocycles. The molecule has 206 valence electrons. The number of rotatable bonds is 15. The summed E-state index contributed by atoms with van der Waals surface area (Å²) < 4.78 is 0. The Morgan fingerprint density at radius 1 is 0.892 bits per heavy atom. The van der Waals surface area contributed by atoms with Crippen molar-refractivity contribution in [3.8, 4) is 5.75 Å². The first-order valence-corrected chi connectivity index (χ1v) is 11.8. The number of phenols is 1. The van der Waals surface area contributed by atoms with Crippen LogP contribution in [-0.4, -0.2) is 80.4 Å². The summed E-state index contributed by atoms with van der Waals surface area (Å²) in [6.45, 7) is 4.75. The molecule has 0 aromatic heterocycles. The summed E-state index contributed by atoms with van der Waals surface area (Å²) >= 11 is 0. The number of benzene rings is 1. The van der Waals surface area contributed by atoms with Crippen molar-refractivity contribution in [2.75, 3.05) is 0 Å². The monoisotopic (exact) mass is 524 g/mol. The third-order valence-electron chi connectivity index (χ3n) is 5.89. The van der Waals surface area contributed by atoms with Crippen molar-refractivity contribution in [1.82, 2.24) is 16.0 Å². The van der Waals surface area contributed by atoms with E-state index in [-0.39, 0.29) is 18.6 Å². The second kappa shape index (κ2) is 14.8. The molecule has 0 aliphatic heterocycles. The van der Waals surface area contributed by atoms with Gasteiger partial charge in [0.05, 0.1) is 6.10 Å². The molecule has 1 rings (SSSR count). The molecule has 0 saturated carbocycles. The molecule has 6 unspecified atom stereocenters. The van der Waals surface area contributed by atoms with E-state index in [1.54, 1.807) is 13.8 Å². The maximum Gasteiger partial charge on any atom is 0.326 e. The minimum Gasteiger partial charge on any atom is -0.508 e. The van der Waals surface area contributed by atoms with Gasteiger partial charge in [-0.2, -0.15) is 0 Å². The molecule has 0 fully saturated rings. The van der Waals surface area contributed by atoms with Gasteiger partial charge in [0.2, 0.25) is 17.7 Å². The van der Waals surface area contributed by atoms with Crippen LogP contribution in [0.2, 0.25) is 0 Å². The third kappa shape index (κ3) is 10.4. The third-order valence-corrected chi connectivity index (χ3v) is 5.89. The van der Waals surface area contributed by atoms with E-state index < -0.39 is 72.3 Å². The molecule has 6 atom stereocenters. The number of aliphatic hydroxyl groups excluding tert-OH is 1. The van der Waals surface area contributed by atoms with Crippen molar-refractivity contribution in [3.63, 3.8) is 0 Å². The standard InChI is InChI=1S/C24H36N4O9/c1-4-12(2)20(28-22(34)19(25)13(3)29)23(35)26-16(9-10-18(31)32)21(33)27-17(24(36)37)11-14-5-7-15(30)8-6-14/h5-8,12-13,16-17,19-20,29-30H,4,9-11,25H2,1-3H3,(H,26,35)(H,27,33)(H,28,34)(H,31,32)(H,36,37). The Bertz CT molecular complexity index is 952. The van der Waals surface area contributed by atoms with Crippen LogP contribution in [0, 0.1) is 5.92 Å². The van der Waals surface area contributed by atoms with E-state index in [2.05, 4.69) is 16.0 Å². The first-order valence-electron chi connectivity index (χ1n) is 11.8. The Labute approximate surface area is 214 Å². The molecule has 3 amide bonds. The quantitative estimate of drug-likeness (QED) is 0.141. The Kier molecular flexibility index (Phi) is 12.5. The molecule has 0 bridgehead atoms. The van der Waals surface area contributed by atoms with Crippen LogP contribution in [0.1, 0.15) is 45.6 Å². The summed E-state index contributed by atoms with van der Waals surface area (Å²) in [4.78, 5) is 61.3. The topological polar surface area (TPSA) is 228 Å². The fourth-order valence-corrected chi connectivity index (χ4v) is 3.31. The van der Waals surface area contributed by atoms with Crippen LogP contribution >= 0.6 is 0 Å². The van der Waals surface area contributed by atoms with E-state index in [0.29, 0.717) is 12.0 Å². The van der Waals surface area contributed by atoms with Crippen molar-refractivity contribution in [3.05, 3.63) is 29.8 Å². The van der Waals surface area contributed by atoms with E-state index in [9.17, 15) is 39.3 Å². The lowest BCUT2D eigenvalue weighted by Crippen LogP contribution is -2.59. The number of carbonyl (C=O) groups is 5. The van der Waals surface area contributed by atoms with E-state index >= 15 is 0 Å². The van der Waals surface area contributed by atoms with E-state index in [0.717, 1.165) is 0 Å². The Morgan fingerprint density at radius 2 is 1.46 bits per heavy atom. The molecule has 13 heteroatoms. The predicted octanol–water partition coefficient (Wildman–Crippen LogP) is -0.907. The van der Waals surface area contributed by atoms with Crippen LogP contribution in [0.25, 0.3) is 0 Å². The maximum atomic E-state index is 13.1. The number of hydrogen-bond donors (Lipinski definition) is 8. The number of aliphatic carboxylic acids is 2. The number of carboxylic acid groups (broad SMARTS) is 2. The molecular formula is C24H36N4O9. The molecule has 37 heavy (non-hydrogen) atoms. The van der Waals surface area contributed by atoms with Gasteiger partial charge in [0.25, 0.3) is 0 Å². The Balaban J connectivity index is 3.08. The smallest absolute Gasteiger partial charge is 0.326 e. The van der Waals surface area contributed by atoms with Gasteiger partial charge in [-0.05, 0) is 37.0 Å². The number of carbonyl (C=O) groups excluding carboxylic acids is 3. The first kappa shape index (κ1) is 31.3. The van der Waals surface area contributed by atoms with Crippen LogP contribution < -0.4 is 21.7 Å². The molecule has 13 nitrogen and oxygen atoms in total. The molecule has 0 aliphatic rings. The summed E-state index contributed by atoms with van der Waals surface area (Å²) in [6, 6.07) is 0.403. The highest BCUT2D eigenvalue weighted by Crippen LogP contribution is 2.13. The van der Waals surface area contributed by atoms with E-state index in [4.69, 9.17) is 10.8 Å². The van der Waals surface area contributed by atoms with E-state index in [1.807, 2.05) is 0 Å². The zero-order valence-electron chi connectivity index (χ0n) is 21.0. The van der Waals surface area contributed by atoms with Crippen LogP contribution in [-0.2, 0) is 30.4 Å². The van der Waals surface area contributed by atoms with Gasteiger partial charge < -0.3 is 42.1 Å². The summed E-state index contributed by atoms with van der Waals surface area (Å²) in [5.74, 6) is -5.54. The number of nitrogens with one attached hydrogen (secondary N) is 3. The van der Waals surface area contributed by atoms with Gasteiger partial charge in [-0.1, -0.05) is 32.4 Å². The summed E-state index contributed by atoms with van der Waals surface area (Å²) in [5, 5.41) is 44.8. The number of aromatic hydroxyl groups is 1. The first-order chi connectivity index (χ1) is 17.3. The average Bonchev–Trinajstić information content (AvgIpc) is 2.84.